The second-order valence-corrected chi connectivity index (χ2v) is 6.75. The minimum Gasteiger partial charge on any atom is -0.370 e. The number of hydrogen-bond acceptors (Lipinski definition) is 6. The highest BCUT2D eigenvalue weighted by Crippen LogP contribution is 2.28. The van der Waals surface area contributed by atoms with Gasteiger partial charge < -0.3 is 10.2 Å². The first kappa shape index (κ1) is 15.8. The molecule has 1 atom stereocenters. The number of pyridine rings is 1. The fourth-order valence-electron chi connectivity index (χ4n) is 3.44. The van der Waals surface area contributed by atoms with Gasteiger partial charge in [-0.25, -0.2) is 15.0 Å². The molecule has 0 saturated carbocycles. The average molecular weight is 337 g/mol. The minimum atomic E-state index is 0.573. The summed E-state index contributed by atoms with van der Waals surface area (Å²) in [4.78, 5) is 16.1. The standard InChI is InChI=1S/C18H23N7/c1-12-5-4-6-16(21-12)19-9-14-7-8-25(11-14)18-15-10-20-24(3)17(15)22-13(2)23-18/h4-6,10,14H,7-9,11H2,1-3H3,(H,19,21)/t14-/m0/s1. The largest absolute Gasteiger partial charge is 0.370 e. The number of rotatable bonds is 4. The lowest BCUT2D eigenvalue weighted by molar-refractivity contribution is 0.621. The zero-order chi connectivity index (χ0) is 17.4. The Bertz CT molecular complexity index is 902. The molecule has 0 aromatic carbocycles. The number of nitrogens with zero attached hydrogens (tertiary/aromatic N) is 6. The van der Waals surface area contributed by atoms with Crippen molar-refractivity contribution in [1.82, 2.24) is 24.7 Å². The van der Waals surface area contributed by atoms with Crippen molar-refractivity contribution in [1.29, 1.82) is 0 Å². The number of hydrogen-bond donors (Lipinski definition) is 1. The fourth-order valence-corrected chi connectivity index (χ4v) is 3.44. The Labute approximate surface area is 147 Å². The van der Waals surface area contributed by atoms with E-state index in [-0.39, 0.29) is 0 Å². The number of aromatic nitrogens is 5. The number of anilines is 2. The molecule has 130 valence electrons. The highest BCUT2D eigenvalue weighted by atomic mass is 15.3. The summed E-state index contributed by atoms with van der Waals surface area (Å²) >= 11 is 0. The van der Waals surface area contributed by atoms with Crippen LogP contribution in [0.1, 0.15) is 17.9 Å². The molecule has 1 aliphatic rings. The van der Waals surface area contributed by atoms with Gasteiger partial charge in [0.25, 0.3) is 0 Å². The molecule has 0 unspecified atom stereocenters. The molecule has 7 heteroatoms. The number of aryl methyl sites for hydroxylation is 3. The number of nitrogens with one attached hydrogen (secondary N) is 1. The molecule has 3 aromatic heterocycles. The van der Waals surface area contributed by atoms with Gasteiger partial charge in [0.1, 0.15) is 17.5 Å². The lowest BCUT2D eigenvalue weighted by Crippen LogP contribution is -2.24. The Morgan fingerprint density at radius 3 is 2.92 bits per heavy atom. The molecule has 1 aliphatic heterocycles. The van der Waals surface area contributed by atoms with Gasteiger partial charge in [0.05, 0.1) is 11.6 Å². The molecule has 4 heterocycles. The molecular weight excluding hydrogens is 314 g/mol. The van der Waals surface area contributed by atoms with Crippen LogP contribution in [-0.4, -0.2) is 44.4 Å². The summed E-state index contributed by atoms with van der Waals surface area (Å²) in [7, 11) is 1.92. The third kappa shape index (κ3) is 3.14. The van der Waals surface area contributed by atoms with Crippen LogP contribution < -0.4 is 10.2 Å². The van der Waals surface area contributed by atoms with E-state index in [4.69, 9.17) is 0 Å². The highest BCUT2D eigenvalue weighted by Gasteiger charge is 2.26. The predicted octanol–water partition coefficient (Wildman–Crippen LogP) is 2.31. The van der Waals surface area contributed by atoms with Crippen molar-refractivity contribution in [3.05, 3.63) is 35.9 Å². The quantitative estimate of drug-likeness (QED) is 0.788. The van der Waals surface area contributed by atoms with Gasteiger partial charge in [0.15, 0.2) is 5.65 Å². The van der Waals surface area contributed by atoms with Crippen LogP contribution in [0.2, 0.25) is 0 Å². The van der Waals surface area contributed by atoms with E-state index < -0.39 is 0 Å². The van der Waals surface area contributed by atoms with Gasteiger partial charge in [-0.2, -0.15) is 5.10 Å². The summed E-state index contributed by atoms with van der Waals surface area (Å²) in [6, 6.07) is 6.07. The second-order valence-electron chi connectivity index (χ2n) is 6.75. The SMILES string of the molecule is Cc1cccc(NC[C@@H]2CCN(c3nc(C)nc4c3cnn4C)C2)n1. The Morgan fingerprint density at radius 2 is 2.08 bits per heavy atom. The van der Waals surface area contributed by atoms with Gasteiger partial charge in [-0.1, -0.05) is 6.07 Å². The first-order chi connectivity index (χ1) is 12.1. The minimum absolute atomic E-state index is 0.573. The lowest BCUT2D eigenvalue weighted by Gasteiger charge is -2.19. The van der Waals surface area contributed by atoms with Crippen LogP contribution in [0.4, 0.5) is 11.6 Å². The van der Waals surface area contributed by atoms with Crippen molar-refractivity contribution in [2.45, 2.75) is 20.3 Å². The molecule has 0 aliphatic carbocycles. The first-order valence-corrected chi connectivity index (χ1v) is 8.69. The van der Waals surface area contributed by atoms with Crippen LogP contribution in [0.3, 0.4) is 0 Å². The second kappa shape index (κ2) is 6.31. The Balaban J connectivity index is 1.47. The van der Waals surface area contributed by atoms with E-state index in [0.29, 0.717) is 5.92 Å². The summed E-state index contributed by atoms with van der Waals surface area (Å²) in [5, 5.41) is 8.83. The maximum absolute atomic E-state index is 4.69. The molecule has 0 bridgehead atoms. The van der Waals surface area contributed by atoms with Crippen molar-refractivity contribution >= 4 is 22.7 Å². The Kier molecular flexibility index (Phi) is 3.99. The molecule has 7 nitrogen and oxygen atoms in total. The lowest BCUT2D eigenvalue weighted by atomic mass is 10.1. The molecule has 0 spiro atoms. The summed E-state index contributed by atoms with van der Waals surface area (Å²) < 4.78 is 1.81. The van der Waals surface area contributed by atoms with E-state index >= 15 is 0 Å². The molecule has 1 fully saturated rings. The summed E-state index contributed by atoms with van der Waals surface area (Å²) in [6.07, 6.45) is 3.01. The maximum Gasteiger partial charge on any atom is 0.163 e. The Morgan fingerprint density at radius 1 is 1.20 bits per heavy atom. The van der Waals surface area contributed by atoms with Gasteiger partial charge in [-0.15, -0.1) is 0 Å². The van der Waals surface area contributed by atoms with Crippen molar-refractivity contribution in [2.75, 3.05) is 29.9 Å². The highest BCUT2D eigenvalue weighted by molar-refractivity contribution is 5.87. The first-order valence-electron chi connectivity index (χ1n) is 8.69. The zero-order valence-corrected chi connectivity index (χ0v) is 14.9. The molecule has 0 amide bonds. The predicted molar refractivity (Wildman–Crippen MR) is 98.8 cm³/mol. The average Bonchev–Trinajstić information content (AvgIpc) is 3.20. The van der Waals surface area contributed by atoms with E-state index in [2.05, 4.69) is 30.3 Å². The fraction of sp³-hybridized carbons (Fsp3) is 0.444. The third-order valence-electron chi connectivity index (χ3n) is 4.73. The smallest absolute Gasteiger partial charge is 0.163 e. The van der Waals surface area contributed by atoms with Gasteiger partial charge in [0, 0.05) is 32.4 Å². The van der Waals surface area contributed by atoms with Crippen molar-refractivity contribution in [3.8, 4) is 0 Å². The van der Waals surface area contributed by atoms with Crippen molar-refractivity contribution < 1.29 is 0 Å². The van der Waals surface area contributed by atoms with Crippen LogP contribution in [0.5, 0.6) is 0 Å². The van der Waals surface area contributed by atoms with Crippen molar-refractivity contribution in [3.63, 3.8) is 0 Å². The molecule has 25 heavy (non-hydrogen) atoms. The van der Waals surface area contributed by atoms with Crippen LogP contribution in [0.15, 0.2) is 24.4 Å². The summed E-state index contributed by atoms with van der Waals surface area (Å²) in [5.41, 5.74) is 1.93. The van der Waals surface area contributed by atoms with E-state index in [0.717, 1.165) is 60.2 Å². The third-order valence-corrected chi connectivity index (χ3v) is 4.73. The van der Waals surface area contributed by atoms with E-state index in [1.165, 1.54) is 0 Å². The maximum atomic E-state index is 4.69. The van der Waals surface area contributed by atoms with Crippen LogP contribution >= 0.6 is 0 Å². The van der Waals surface area contributed by atoms with Gasteiger partial charge in [-0.3, -0.25) is 4.68 Å². The van der Waals surface area contributed by atoms with Gasteiger partial charge in [0.2, 0.25) is 0 Å². The number of fused-ring (bicyclic) bond motifs is 1. The van der Waals surface area contributed by atoms with E-state index in [1.807, 2.05) is 50.0 Å². The molecule has 1 saturated heterocycles. The monoisotopic (exact) mass is 337 g/mol. The van der Waals surface area contributed by atoms with E-state index in [1.54, 1.807) is 0 Å². The van der Waals surface area contributed by atoms with Crippen LogP contribution in [0.25, 0.3) is 11.0 Å². The zero-order valence-electron chi connectivity index (χ0n) is 14.9. The van der Waals surface area contributed by atoms with Gasteiger partial charge in [-0.05, 0) is 38.3 Å². The molecule has 0 radical (unpaired) electrons. The van der Waals surface area contributed by atoms with Crippen molar-refractivity contribution in [2.24, 2.45) is 13.0 Å². The van der Waals surface area contributed by atoms with Crippen LogP contribution in [0, 0.1) is 19.8 Å². The van der Waals surface area contributed by atoms with Crippen LogP contribution in [-0.2, 0) is 7.05 Å². The molecule has 3 aromatic rings. The molecule has 1 N–H and O–H groups in total. The topological polar surface area (TPSA) is 71.8 Å². The summed E-state index contributed by atoms with van der Waals surface area (Å²) in [6.45, 7) is 6.87. The molecule has 4 rings (SSSR count). The summed E-state index contributed by atoms with van der Waals surface area (Å²) in [5.74, 6) is 3.32. The normalized spacial score (nSPS) is 17.4. The Hall–Kier alpha value is -2.70. The molecular formula is C18H23N7. The van der Waals surface area contributed by atoms with Gasteiger partial charge >= 0.3 is 0 Å². The van der Waals surface area contributed by atoms with E-state index in [9.17, 15) is 0 Å².